The Labute approximate surface area is 216 Å². The first-order chi connectivity index (χ1) is 17.7. The topological polar surface area (TPSA) is 117 Å². The van der Waals surface area contributed by atoms with Crippen molar-refractivity contribution in [2.45, 2.75) is 51.4 Å². The molecule has 0 spiro atoms. The van der Waals surface area contributed by atoms with Gasteiger partial charge in [-0.1, -0.05) is 12.1 Å². The van der Waals surface area contributed by atoms with Crippen LogP contribution in [0.2, 0.25) is 0 Å². The maximum Gasteiger partial charge on any atom is 0.416 e. The number of rotatable bonds is 4. The molecule has 9 nitrogen and oxygen atoms in total. The van der Waals surface area contributed by atoms with E-state index in [9.17, 15) is 32.7 Å². The van der Waals surface area contributed by atoms with Crippen LogP contribution in [0.1, 0.15) is 65.9 Å². The second-order valence-electron chi connectivity index (χ2n) is 10.1. The van der Waals surface area contributed by atoms with Gasteiger partial charge in [-0.2, -0.15) is 13.2 Å². The van der Waals surface area contributed by atoms with Gasteiger partial charge >= 0.3 is 12.3 Å². The van der Waals surface area contributed by atoms with E-state index >= 15 is 0 Å². The molecule has 1 aromatic heterocycles. The first-order valence-corrected chi connectivity index (χ1v) is 11.9. The molecule has 1 aliphatic rings. The van der Waals surface area contributed by atoms with Crippen molar-refractivity contribution in [3.63, 3.8) is 0 Å². The number of nitrogens with one attached hydrogen (secondary N) is 1. The highest BCUT2D eigenvalue weighted by molar-refractivity contribution is 6.04. The van der Waals surface area contributed by atoms with Crippen molar-refractivity contribution in [3.8, 4) is 0 Å². The molecule has 1 atom stereocenters. The SMILES string of the molecule is CC(C)(C)OC(=O)N1CCCC(n2c(NC(=O)c3cccc(C(F)(F)F)c3)nc3cc(C(=O)[O-])ccc32)C1. The number of fused-ring (bicyclic) bond motifs is 1. The Morgan fingerprint density at radius 1 is 1.08 bits per heavy atom. The number of ether oxygens (including phenoxy) is 1. The van der Waals surface area contributed by atoms with Crippen LogP contribution in [0, 0.1) is 0 Å². The van der Waals surface area contributed by atoms with Crippen molar-refractivity contribution in [2.75, 3.05) is 18.4 Å². The molecular weight excluding hydrogens is 505 g/mol. The molecule has 2 aromatic carbocycles. The summed E-state index contributed by atoms with van der Waals surface area (Å²) in [4.78, 5) is 43.0. The summed E-state index contributed by atoms with van der Waals surface area (Å²) in [6.07, 6.45) is -3.92. The van der Waals surface area contributed by atoms with Crippen molar-refractivity contribution in [3.05, 3.63) is 59.2 Å². The summed E-state index contributed by atoms with van der Waals surface area (Å²) >= 11 is 0. The van der Waals surface area contributed by atoms with E-state index in [1.807, 2.05) is 0 Å². The zero-order chi connectivity index (χ0) is 27.8. The maximum absolute atomic E-state index is 13.2. The molecule has 2 amide bonds. The summed E-state index contributed by atoms with van der Waals surface area (Å²) < 4.78 is 46.7. The number of carbonyl (C=O) groups is 3. The summed E-state index contributed by atoms with van der Waals surface area (Å²) in [6, 6.07) is 7.73. The Kier molecular flexibility index (Phi) is 7.09. The minimum Gasteiger partial charge on any atom is -0.545 e. The number of alkyl halides is 3. The van der Waals surface area contributed by atoms with Gasteiger partial charge < -0.3 is 24.1 Å². The van der Waals surface area contributed by atoms with Crippen LogP contribution in [0.5, 0.6) is 0 Å². The fourth-order valence-electron chi connectivity index (χ4n) is 4.35. The molecule has 12 heteroatoms. The van der Waals surface area contributed by atoms with E-state index < -0.39 is 35.3 Å². The van der Waals surface area contributed by atoms with Gasteiger partial charge in [0, 0.05) is 18.7 Å². The van der Waals surface area contributed by atoms with E-state index in [0.29, 0.717) is 24.9 Å². The number of carboxylic acid groups (broad SMARTS) is 1. The van der Waals surface area contributed by atoms with Crippen LogP contribution in [0.4, 0.5) is 23.9 Å². The number of aromatic carboxylic acids is 1. The number of amides is 2. The molecule has 1 unspecified atom stereocenters. The van der Waals surface area contributed by atoms with Gasteiger partial charge in [-0.15, -0.1) is 0 Å². The number of carbonyl (C=O) groups excluding carboxylic acids is 3. The molecule has 202 valence electrons. The van der Waals surface area contributed by atoms with Crippen molar-refractivity contribution in [2.24, 2.45) is 0 Å². The van der Waals surface area contributed by atoms with Gasteiger partial charge in [0.2, 0.25) is 5.95 Å². The Morgan fingerprint density at radius 3 is 2.47 bits per heavy atom. The van der Waals surface area contributed by atoms with Crippen LogP contribution < -0.4 is 10.4 Å². The molecule has 0 bridgehead atoms. The lowest BCUT2D eigenvalue weighted by atomic mass is 10.1. The zero-order valence-electron chi connectivity index (χ0n) is 21.0. The van der Waals surface area contributed by atoms with Crippen molar-refractivity contribution < 1.29 is 37.4 Å². The molecule has 1 aliphatic heterocycles. The molecule has 0 radical (unpaired) electrons. The smallest absolute Gasteiger partial charge is 0.416 e. The lowest BCUT2D eigenvalue weighted by Crippen LogP contribution is -2.43. The van der Waals surface area contributed by atoms with E-state index in [4.69, 9.17) is 4.74 Å². The highest BCUT2D eigenvalue weighted by atomic mass is 19.4. The quantitative estimate of drug-likeness (QED) is 0.538. The Bertz CT molecular complexity index is 1390. The number of benzene rings is 2. The fourth-order valence-corrected chi connectivity index (χ4v) is 4.35. The van der Waals surface area contributed by atoms with Gasteiger partial charge in [0.25, 0.3) is 5.91 Å². The number of piperidine rings is 1. The highest BCUT2D eigenvalue weighted by Crippen LogP contribution is 2.33. The number of hydrogen-bond donors (Lipinski definition) is 1. The van der Waals surface area contributed by atoms with Gasteiger partial charge in [0.05, 0.1) is 28.6 Å². The van der Waals surface area contributed by atoms with E-state index in [1.165, 1.54) is 24.3 Å². The van der Waals surface area contributed by atoms with Crippen LogP contribution in [-0.2, 0) is 10.9 Å². The van der Waals surface area contributed by atoms with Gasteiger partial charge in [-0.25, -0.2) is 9.78 Å². The average molecular weight is 532 g/mol. The fraction of sp³-hybridized carbons (Fsp3) is 0.385. The zero-order valence-corrected chi connectivity index (χ0v) is 21.0. The Balaban J connectivity index is 1.71. The molecule has 0 saturated carbocycles. The predicted molar refractivity (Wildman–Crippen MR) is 130 cm³/mol. The number of hydrogen-bond acceptors (Lipinski definition) is 6. The summed E-state index contributed by atoms with van der Waals surface area (Å²) in [7, 11) is 0. The number of nitrogens with zero attached hydrogens (tertiary/aromatic N) is 3. The number of aromatic nitrogens is 2. The van der Waals surface area contributed by atoms with Gasteiger partial charge in [-0.05, 0) is 69.5 Å². The average Bonchev–Trinajstić information content (AvgIpc) is 3.19. The van der Waals surface area contributed by atoms with E-state index in [0.717, 1.165) is 18.2 Å². The monoisotopic (exact) mass is 531 g/mol. The number of halogens is 3. The van der Waals surface area contributed by atoms with E-state index in [1.54, 1.807) is 30.2 Å². The minimum atomic E-state index is -4.63. The van der Waals surface area contributed by atoms with Crippen molar-refractivity contribution >= 4 is 35.0 Å². The van der Waals surface area contributed by atoms with Crippen molar-refractivity contribution in [1.29, 1.82) is 0 Å². The molecule has 0 aliphatic carbocycles. The maximum atomic E-state index is 13.2. The minimum absolute atomic E-state index is 0.00829. The van der Waals surface area contributed by atoms with Crippen LogP contribution >= 0.6 is 0 Å². The third kappa shape index (κ3) is 5.90. The summed E-state index contributed by atoms with van der Waals surface area (Å²) in [6.45, 7) is 5.94. The molecule has 38 heavy (non-hydrogen) atoms. The molecule has 3 aromatic rings. The molecular formula is C26H26F3N4O5-. The second kappa shape index (κ2) is 9.99. The number of anilines is 1. The van der Waals surface area contributed by atoms with E-state index in [2.05, 4.69) is 10.3 Å². The largest absolute Gasteiger partial charge is 0.545 e. The molecule has 2 heterocycles. The number of carboxylic acids is 1. The number of imidazole rings is 1. The third-order valence-electron chi connectivity index (χ3n) is 6.02. The first-order valence-electron chi connectivity index (χ1n) is 11.9. The highest BCUT2D eigenvalue weighted by Gasteiger charge is 2.32. The molecule has 1 fully saturated rings. The van der Waals surface area contributed by atoms with Gasteiger partial charge in [-0.3, -0.25) is 10.1 Å². The summed E-state index contributed by atoms with van der Waals surface area (Å²) in [5, 5.41) is 14.0. The lowest BCUT2D eigenvalue weighted by molar-refractivity contribution is -0.255. The van der Waals surface area contributed by atoms with Crippen LogP contribution in [-0.4, -0.2) is 51.1 Å². The molecule has 4 rings (SSSR count). The standard InChI is InChI=1S/C26H27F3N4O5/c1-25(2,3)38-24(37)32-11-5-8-18(14-32)33-20-10-9-16(22(35)36)13-19(20)30-23(33)31-21(34)15-6-4-7-17(12-15)26(27,28)29/h4,6-7,9-10,12-13,18H,5,8,11,14H2,1-3H3,(H,35,36)(H,30,31,34)/p-1. The first kappa shape index (κ1) is 27.0. The van der Waals surface area contributed by atoms with Gasteiger partial charge in [0.15, 0.2) is 0 Å². The van der Waals surface area contributed by atoms with Crippen LogP contribution in [0.15, 0.2) is 42.5 Å². The van der Waals surface area contributed by atoms with E-state index in [-0.39, 0.29) is 35.2 Å². The second-order valence-corrected chi connectivity index (χ2v) is 10.1. The normalized spacial score (nSPS) is 16.4. The summed E-state index contributed by atoms with van der Waals surface area (Å²) in [5.74, 6) is -2.23. The van der Waals surface area contributed by atoms with Crippen LogP contribution in [0.3, 0.4) is 0 Å². The lowest BCUT2D eigenvalue weighted by Gasteiger charge is -2.35. The predicted octanol–water partition coefficient (Wildman–Crippen LogP) is 4.24. The molecule has 1 N–H and O–H groups in total. The third-order valence-corrected chi connectivity index (χ3v) is 6.02. The molecule has 1 saturated heterocycles. The van der Waals surface area contributed by atoms with Crippen LogP contribution in [0.25, 0.3) is 11.0 Å². The Morgan fingerprint density at radius 2 is 1.82 bits per heavy atom. The van der Waals surface area contributed by atoms with Gasteiger partial charge in [0.1, 0.15) is 5.60 Å². The number of likely N-dealkylation sites (tertiary alicyclic amines) is 1. The summed E-state index contributed by atoms with van der Waals surface area (Å²) in [5.41, 5.74) is -1.31. The van der Waals surface area contributed by atoms with Crippen molar-refractivity contribution in [1.82, 2.24) is 14.5 Å². The Hall–Kier alpha value is -4.09.